The zero-order valence-electron chi connectivity index (χ0n) is 10.5. The van der Waals surface area contributed by atoms with Crippen molar-refractivity contribution in [1.82, 2.24) is 9.78 Å². The maximum absolute atomic E-state index is 6.39. The molecule has 96 valence electrons. The molecule has 1 unspecified atom stereocenters. The summed E-state index contributed by atoms with van der Waals surface area (Å²) in [4.78, 5) is 0. The number of aryl methyl sites for hydroxylation is 2. The summed E-state index contributed by atoms with van der Waals surface area (Å²) in [6, 6.07) is 0. The second kappa shape index (κ2) is 5.08. The fourth-order valence-corrected chi connectivity index (χ4v) is 3.12. The number of halogens is 1. The molecule has 1 aromatic rings. The van der Waals surface area contributed by atoms with Crippen LogP contribution in [0.15, 0.2) is 4.47 Å². The van der Waals surface area contributed by atoms with Gasteiger partial charge in [0.1, 0.15) is 0 Å². The van der Waals surface area contributed by atoms with E-state index in [0.717, 1.165) is 42.5 Å². The highest BCUT2D eigenvalue weighted by atomic mass is 79.9. The summed E-state index contributed by atoms with van der Waals surface area (Å²) in [6.07, 6.45) is 3.82. The highest BCUT2D eigenvalue weighted by Gasteiger charge is 2.31. The Morgan fingerprint density at radius 3 is 2.88 bits per heavy atom. The number of aromatic nitrogens is 2. The van der Waals surface area contributed by atoms with Gasteiger partial charge in [-0.3, -0.25) is 4.68 Å². The maximum atomic E-state index is 6.39. The molecule has 0 spiro atoms. The fraction of sp³-hybridized carbons (Fsp3) is 0.750. The number of hydrogen-bond donors (Lipinski definition) is 1. The minimum absolute atomic E-state index is 0.237. The molecule has 0 radical (unpaired) electrons. The van der Waals surface area contributed by atoms with Crippen LogP contribution in [-0.4, -0.2) is 28.5 Å². The van der Waals surface area contributed by atoms with Gasteiger partial charge in [0.15, 0.2) is 0 Å². The molecule has 1 aliphatic rings. The molecule has 2 N–H and O–H groups in total. The van der Waals surface area contributed by atoms with E-state index in [1.807, 2.05) is 11.7 Å². The first kappa shape index (κ1) is 13.1. The summed E-state index contributed by atoms with van der Waals surface area (Å²) in [5, 5.41) is 4.50. The Morgan fingerprint density at radius 1 is 1.59 bits per heavy atom. The molecule has 17 heavy (non-hydrogen) atoms. The Hall–Kier alpha value is -0.390. The molecule has 2 heterocycles. The van der Waals surface area contributed by atoms with Crippen LogP contribution in [0.5, 0.6) is 0 Å². The van der Waals surface area contributed by atoms with Crippen molar-refractivity contribution in [2.75, 3.05) is 13.2 Å². The summed E-state index contributed by atoms with van der Waals surface area (Å²) in [5.41, 5.74) is 8.43. The van der Waals surface area contributed by atoms with Crippen LogP contribution in [0.4, 0.5) is 0 Å². The monoisotopic (exact) mass is 301 g/mol. The first-order chi connectivity index (χ1) is 8.06. The van der Waals surface area contributed by atoms with Crippen LogP contribution in [0.25, 0.3) is 0 Å². The third kappa shape index (κ3) is 2.72. The van der Waals surface area contributed by atoms with Crippen LogP contribution in [0, 0.1) is 0 Å². The van der Waals surface area contributed by atoms with E-state index >= 15 is 0 Å². The van der Waals surface area contributed by atoms with E-state index in [2.05, 4.69) is 28.0 Å². The Bertz CT molecular complexity index is 397. The molecule has 2 rings (SSSR count). The minimum atomic E-state index is -0.237. The first-order valence-electron chi connectivity index (χ1n) is 6.12. The van der Waals surface area contributed by atoms with Crippen molar-refractivity contribution in [3.63, 3.8) is 0 Å². The lowest BCUT2D eigenvalue weighted by molar-refractivity contribution is 0.0374. The molecule has 0 aromatic carbocycles. The minimum Gasteiger partial charge on any atom is -0.380 e. The molecule has 0 saturated carbocycles. The van der Waals surface area contributed by atoms with Gasteiger partial charge >= 0.3 is 0 Å². The molecule has 0 bridgehead atoms. The molecular weight excluding hydrogens is 282 g/mol. The molecule has 5 heteroatoms. The standard InChI is InChI=1S/C12H20BrN3O/c1-3-9-11(13)10(16(2)15-9)7-12(14)5-4-6-17-8-12/h3-8,14H2,1-2H3. The zero-order valence-corrected chi connectivity index (χ0v) is 12.1. The highest BCUT2D eigenvalue weighted by molar-refractivity contribution is 9.10. The van der Waals surface area contributed by atoms with E-state index in [-0.39, 0.29) is 5.54 Å². The summed E-state index contributed by atoms with van der Waals surface area (Å²) in [5.74, 6) is 0. The number of nitrogens with two attached hydrogens (primary N) is 1. The van der Waals surface area contributed by atoms with Crippen LogP contribution < -0.4 is 5.73 Å². The van der Waals surface area contributed by atoms with Crippen molar-refractivity contribution < 1.29 is 4.74 Å². The number of ether oxygens (including phenoxy) is 1. The smallest absolute Gasteiger partial charge is 0.0766 e. The molecule has 1 aromatic heterocycles. The van der Waals surface area contributed by atoms with Crippen molar-refractivity contribution in [1.29, 1.82) is 0 Å². The van der Waals surface area contributed by atoms with Gasteiger partial charge in [0, 0.05) is 25.6 Å². The average molecular weight is 302 g/mol. The molecule has 0 amide bonds. The van der Waals surface area contributed by atoms with Gasteiger partial charge in [-0.15, -0.1) is 0 Å². The molecule has 0 aliphatic carbocycles. The quantitative estimate of drug-likeness (QED) is 0.926. The van der Waals surface area contributed by atoms with E-state index < -0.39 is 0 Å². The maximum Gasteiger partial charge on any atom is 0.0766 e. The van der Waals surface area contributed by atoms with Crippen molar-refractivity contribution >= 4 is 15.9 Å². The van der Waals surface area contributed by atoms with Crippen molar-refractivity contribution in [2.24, 2.45) is 12.8 Å². The number of nitrogens with zero attached hydrogens (tertiary/aromatic N) is 2. The molecule has 1 saturated heterocycles. The topological polar surface area (TPSA) is 53.1 Å². The SMILES string of the molecule is CCc1nn(C)c(CC2(N)CCCOC2)c1Br. The normalized spacial score (nSPS) is 25.2. The lowest BCUT2D eigenvalue weighted by Crippen LogP contribution is -2.49. The summed E-state index contributed by atoms with van der Waals surface area (Å²) < 4.78 is 8.55. The van der Waals surface area contributed by atoms with Crippen molar-refractivity contribution in [3.8, 4) is 0 Å². The largest absolute Gasteiger partial charge is 0.380 e. The fourth-order valence-electron chi connectivity index (χ4n) is 2.36. The van der Waals surface area contributed by atoms with Crippen molar-refractivity contribution in [3.05, 3.63) is 15.9 Å². The molecule has 1 atom stereocenters. The zero-order chi connectivity index (χ0) is 12.5. The van der Waals surface area contributed by atoms with Gasteiger partial charge < -0.3 is 10.5 Å². The van der Waals surface area contributed by atoms with E-state index in [4.69, 9.17) is 10.5 Å². The predicted octanol–water partition coefficient (Wildman–Crippen LogP) is 1.80. The van der Waals surface area contributed by atoms with Gasteiger partial charge in [0.05, 0.1) is 22.5 Å². The number of rotatable bonds is 3. The third-order valence-electron chi connectivity index (χ3n) is 3.38. The lowest BCUT2D eigenvalue weighted by Gasteiger charge is -2.33. The van der Waals surface area contributed by atoms with Gasteiger partial charge in [0.25, 0.3) is 0 Å². The summed E-state index contributed by atoms with van der Waals surface area (Å²) >= 11 is 3.63. The van der Waals surface area contributed by atoms with Crippen LogP contribution >= 0.6 is 15.9 Å². The Kier molecular flexibility index (Phi) is 3.90. The molecule has 4 nitrogen and oxygen atoms in total. The van der Waals surface area contributed by atoms with Gasteiger partial charge in [-0.25, -0.2) is 0 Å². The summed E-state index contributed by atoms with van der Waals surface area (Å²) in [7, 11) is 1.98. The first-order valence-corrected chi connectivity index (χ1v) is 6.92. The van der Waals surface area contributed by atoms with Crippen LogP contribution in [0.2, 0.25) is 0 Å². The second-order valence-electron chi connectivity index (χ2n) is 4.88. The lowest BCUT2D eigenvalue weighted by atomic mass is 9.88. The van der Waals surface area contributed by atoms with Gasteiger partial charge in [-0.1, -0.05) is 6.92 Å². The summed E-state index contributed by atoms with van der Waals surface area (Å²) in [6.45, 7) is 3.59. The highest BCUT2D eigenvalue weighted by Crippen LogP contribution is 2.28. The average Bonchev–Trinajstić information content (AvgIpc) is 2.57. The second-order valence-corrected chi connectivity index (χ2v) is 5.67. The molecule has 1 aliphatic heterocycles. The Morgan fingerprint density at radius 2 is 2.35 bits per heavy atom. The Labute approximate surface area is 111 Å². The van der Waals surface area contributed by atoms with E-state index in [0.29, 0.717) is 6.61 Å². The Balaban J connectivity index is 2.20. The van der Waals surface area contributed by atoms with Gasteiger partial charge in [-0.2, -0.15) is 5.10 Å². The predicted molar refractivity (Wildman–Crippen MR) is 71.0 cm³/mol. The van der Waals surface area contributed by atoms with Crippen molar-refractivity contribution in [2.45, 2.75) is 38.1 Å². The van der Waals surface area contributed by atoms with Crippen LogP contribution in [0.1, 0.15) is 31.2 Å². The van der Waals surface area contributed by atoms with Crippen LogP contribution in [0.3, 0.4) is 0 Å². The van der Waals surface area contributed by atoms with Gasteiger partial charge in [0.2, 0.25) is 0 Å². The number of hydrogen-bond acceptors (Lipinski definition) is 3. The molecular formula is C12H20BrN3O. The van der Waals surface area contributed by atoms with E-state index in [1.165, 1.54) is 5.69 Å². The van der Waals surface area contributed by atoms with Gasteiger partial charge in [-0.05, 0) is 35.2 Å². The van der Waals surface area contributed by atoms with E-state index in [9.17, 15) is 0 Å². The van der Waals surface area contributed by atoms with E-state index in [1.54, 1.807) is 0 Å². The van der Waals surface area contributed by atoms with Crippen LogP contribution in [-0.2, 0) is 24.6 Å². The molecule has 1 fully saturated rings. The third-order valence-corrected chi connectivity index (χ3v) is 4.29.